The Hall–Kier alpha value is 0.244. The Morgan fingerprint density at radius 2 is 0.692 bits per heavy atom. The van der Waals surface area contributed by atoms with E-state index in [1.54, 1.807) is 0 Å². The van der Waals surface area contributed by atoms with E-state index in [-0.39, 0.29) is 29.5 Å². The molecule has 0 heterocycles. The zero-order valence-electron chi connectivity index (χ0n) is 5.44. The molecule has 0 aliphatic carbocycles. The standard InChI is InChI=1S/2H2O4S.H2O.O.V/c2*1-5(2,3)4;;;/h2*(H2,1,2,3,4);1H2;;/q;;;-2;+4/p-4. The van der Waals surface area contributed by atoms with Crippen molar-refractivity contribution in [1.29, 1.82) is 0 Å². The van der Waals surface area contributed by atoms with E-state index in [1.807, 2.05) is 0 Å². The van der Waals surface area contributed by atoms with E-state index in [4.69, 9.17) is 35.0 Å². The zero-order valence-corrected chi connectivity index (χ0v) is 8.47. The van der Waals surface area contributed by atoms with Crippen LogP contribution >= 0.6 is 0 Å². The van der Waals surface area contributed by atoms with Gasteiger partial charge in [-0.15, -0.1) is 0 Å². The molecule has 0 saturated carbocycles. The average molecular weight is 277 g/mol. The van der Waals surface area contributed by atoms with E-state index < -0.39 is 20.8 Å². The van der Waals surface area contributed by atoms with Crippen LogP contribution in [-0.4, -0.2) is 40.5 Å². The molecule has 13 heteroatoms. The third-order valence-corrected chi connectivity index (χ3v) is 0. The van der Waals surface area contributed by atoms with Crippen molar-refractivity contribution in [2.75, 3.05) is 0 Å². The minimum absolute atomic E-state index is 0. The zero-order chi connectivity index (χ0) is 9.00. The maximum absolute atomic E-state index is 8.52. The normalized spacial score (nSPS) is 8.92. The van der Waals surface area contributed by atoms with Crippen molar-refractivity contribution >= 4 is 20.8 Å². The van der Waals surface area contributed by atoms with Gasteiger partial charge >= 0.3 is 18.6 Å². The monoisotopic (exact) mass is 277 g/mol. The topological polar surface area (TPSA) is 221 Å². The first kappa shape index (κ1) is 29.2. The summed E-state index contributed by atoms with van der Waals surface area (Å²) < 4.78 is 68.2. The largest absolute Gasteiger partial charge is 4.00 e. The molecule has 0 fully saturated rings. The molecule has 0 aromatic heterocycles. The van der Waals surface area contributed by atoms with Crippen molar-refractivity contribution in [1.82, 2.24) is 0 Å². The first-order valence-corrected chi connectivity index (χ1v) is 4.00. The van der Waals surface area contributed by atoms with E-state index >= 15 is 0 Å². The molecule has 0 unspecified atom stereocenters. The van der Waals surface area contributed by atoms with Crippen LogP contribution in [0.4, 0.5) is 0 Å². The summed E-state index contributed by atoms with van der Waals surface area (Å²) in [7, 11) is -10.3. The molecule has 81 valence electrons. The molecule has 0 amide bonds. The predicted molar refractivity (Wildman–Crippen MR) is 25.2 cm³/mol. The van der Waals surface area contributed by atoms with E-state index in [0.29, 0.717) is 0 Å². The summed E-state index contributed by atoms with van der Waals surface area (Å²) in [6.07, 6.45) is 0. The first-order valence-electron chi connectivity index (χ1n) is 1.33. The van der Waals surface area contributed by atoms with Crippen molar-refractivity contribution in [2.24, 2.45) is 0 Å². The van der Waals surface area contributed by atoms with Crippen LogP contribution in [0, 0.1) is 0 Å². The van der Waals surface area contributed by atoms with Gasteiger partial charge in [0.15, 0.2) is 0 Å². The molecule has 0 aliphatic rings. The second kappa shape index (κ2) is 10.3. The molecule has 0 atom stereocenters. The van der Waals surface area contributed by atoms with Crippen molar-refractivity contribution < 1.29 is 64.6 Å². The van der Waals surface area contributed by atoms with Crippen LogP contribution in [0.25, 0.3) is 0 Å². The molecule has 13 heavy (non-hydrogen) atoms. The summed E-state index contributed by atoms with van der Waals surface area (Å²) in [5, 5.41) is 0. The quantitative estimate of drug-likeness (QED) is 0.316. The maximum Gasteiger partial charge on any atom is 4.00 e. The molecule has 2 N–H and O–H groups in total. The van der Waals surface area contributed by atoms with Crippen LogP contribution < -0.4 is 0 Å². The Kier molecular flexibility index (Phi) is 23.2. The van der Waals surface area contributed by atoms with Gasteiger partial charge in [-0.05, 0) is 0 Å². The fourth-order valence-corrected chi connectivity index (χ4v) is 0. The first-order chi connectivity index (χ1) is 4.00. The van der Waals surface area contributed by atoms with Gasteiger partial charge in [-0.25, -0.2) is 0 Å². The molecule has 0 aliphatic heterocycles. The number of rotatable bonds is 0. The smallest absolute Gasteiger partial charge is 2.00 e. The van der Waals surface area contributed by atoms with Gasteiger partial charge in [-0.1, -0.05) is 0 Å². The SMILES string of the molecule is O.O=S(=O)([O-])[O-].O=S(=O)([O-])[O-].[O-2].[V+4]. The van der Waals surface area contributed by atoms with Crippen molar-refractivity contribution in [2.45, 2.75) is 0 Å². The molecular weight excluding hydrogens is 275 g/mol. The minimum Gasteiger partial charge on any atom is -2.00 e. The van der Waals surface area contributed by atoms with Gasteiger partial charge in [0.2, 0.25) is 0 Å². The predicted octanol–water partition coefficient (Wildman–Crippen LogP) is -3.62. The fourth-order valence-electron chi connectivity index (χ4n) is 0. The van der Waals surface area contributed by atoms with E-state index in [9.17, 15) is 0 Å². The van der Waals surface area contributed by atoms with Crippen molar-refractivity contribution in [3.8, 4) is 0 Å². The molecule has 1 radical (unpaired) electrons. The summed E-state index contributed by atoms with van der Waals surface area (Å²) in [5.74, 6) is 0. The summed E-state index contributed by atoms with van der Waals surface area (Å²) in [4.78, 5) is 0. The van der Waals surface area contributed by atoms with E-state index in [0.717, 1.165) is 0 Å². The molecule has 10 nitrogen and oxygen atoms in total. The van der Waals surface area contributed by atoms with Gasteiger partial charge in [-0.3, -0.25) is 16.8 Å². The molecule has 0 bridgehead atoms. The third kappa shape index (κ3) is 21500. The Balaban J connectivity index is -0.0000000267. The van der Waals surface area contributed by atoms with E-state index in [1.165, 1.54) is 0 Å². The second-order valence-electron chi connectivity index (χ2n) is 0.816. The van der Waals surface area contributed by atoms with Gasteiger partial charge in [-0.2, -0.15) is 0 Å². The van der Waals surface area contributed by atoms with Gasteiger partial charge < -0.3 is 29.2 Å². The summed E-state index contributed by atoms with van der Waals surface area (Å²) >= 11 is 0. The van der Waals surface area contributed by atoms with Crippen LogP contribution in [0.2, 0.25) is 0 Å². The van der Waals surface area contributed by atoms with Gasteiger partial charge in [0, 0.05) is 20.8 Å². The average Bonchev–Trinajstić information content (AvgIpc) is 1.12. The third-order valence-electron chi connectivity index (χ3n) is 0. The fraction of sp³-hybridized carbons (Fsp3) is 0. The Bertz CT molecular complexity index is 209. The molecule has 0 aromatic rings. The Morgan fingerprint density at radius 3 is 0.692 bits per heavy atom. The van der Waals surface area contributed by atoms with Crippen LogP contribution in [0.15, 0.2) is 0 Å². The van der Waals surface area contributed by atoms with Crippen LogP contribution in [0.5, 0.6) is 0 Å². The molecule has 0 aromatic carbocycles. The van der Waals surface area contributed by atoms with Crippen LogP contribution in [0.3, 0.4) is 0 Å². The van der Waals surface area contributed by atoms with E-state index in [2.05, 4.69) is 0 Å². The van der Waals surface area contributed by atoms with Crippen molar-refractivity contribution in [3.05, 3.63) is 0 Å². The van der Waals surface area contributed by atoms with Gasteiger partial charge in [0.1, 0.15) is 0 Å². The van der Waals surface area contributed by atoms with Gasteiger partial charge in [0.05, 0.1) is 0 Å². The summed E-state index contributed by atoms with van der Waals surface area (Å²) in [6.45, 7) is 0. The van der Waals surface area contributed by atoms with Crippen molar-refractivity contribution in [3.63, 3.8) is 0 Å². The Labute approximate surface area is 85.6 Å². The number of hydrogen-bond donors (Lipinski definition) is 0. The number of hydrogen-bond acceptors (Lipinski definition) is 8. The second-order valence-corrected chi connectivity index (χ2v) is 2.45. The van der Waals surface area contributed by atoms with Crippen LogP contribution in [-0.2, 0) is 44.8 Å². The molecule has 0 rings (SSSR count). The van der Waals surface area contributed by atoms with Crippen LogP contribution in [0.1, 0.15) is 0 Å². The summed E-state index contributed by atoms with van der Waals surface area (Å²) in [5.41, 5.74) is 0. The molecule has 0 saturated heterocycles. The summed E-state index contributed by atoms with van der Waals surface area (Å²) in [6, 6.07) is 0. The minimum atomic E-state index is -5.17. The van der Waals surface area contributed by atoms with Gasteiger partial charge in [0.25, 0.3) is 0 Å². The Morgan fingerprint density at radius 1 is 0.692 bits per heavy atom. The maximum atomic E-state index is 8.52. The molecule has 0 spiro atoms. The molecular formula is H2O10S2V-2.